The van der Waals surface area contributed by atoms with E-state index in [1.54, 1.807) is 21.3 Å². The van der Waals surface area contributed by atoms with Crippen molar-refractivity contribution >= 4 is 11.6 Å². The second kappa shape index (κ2) is 7.68. The molecule has 0 heterocycles. The SMILES string of the molecule is COc1ccc(C)cc1NC(=O)CC1CCc2cc(OC)c(OC)cc21. The minimum Gasteiger partial charge on any atom is -0.495 e. The van der Waals surface area contributed by atoms with Crippen LogP contribution in [0.15, 0.2) is 30.3 Å². The van der Waals surface area contributed by atoms with Crippen LogP contribution in [-0.4, -0.2) is 27.2 Å². The van der Waals surface area contributed by atoms with E-state index < -0.39 is 0 Å². The molecule has 2 aromatic rings. The number of hydrogen-bond acceptors (Lipinski definition) is 4. The highest BCUT2D eigenvalue weighted by atomic mass is 16.5. The molecule has 0 fully saturated rings. The van der Waals surface area contributed by atoms with Gasteiger partial charge in [0.25, 0.3) is 0 Å². The van der Waals surface area contributed by atoms with Crippen molar-refractivity contribution < 1.29 is 19.0 Å². The molecule has 0 aromatic heterocycles. The van der Waals surface area contributed by atoms with Crippen LogP contribution in [0.1, 0.15) is 35.4 Å². The molecule has 138 valence electrons. The fourth-order valence-electron chi connectivity index (χ4n) is 3.58. The van der Waals surface area contributed by atoms with E-state index in [9.17, 15) is 4.79 Å². The predicted octanol–water partition coefficient (Wildman–Crippen LogP) is 4.08. The van der Waals surface area contributed by atoms with Crippen molar-refractivity contribution in [1.29, 1.82) is 0 Å². The van der Waals surface area contributed by atoms with E-state index in [4.69, 9.17) is 14.2 Å². The Labute approximate surface area is 154 Å². The molecule has 1 unspecified atom stereocenters. The molecule has 0 saturated carbocycles. The number of hydrogen-bond donors (Lipinski definition) is 1. The number of rotatable bonds is 6. The van der Waals surface area contributed by atoms with Gasteiger partial charge in [-0.1, -0.05) is 6.07 Å². The standard InChI is InChI=1S/C21H25NO4/c1-13-5-8-18(24-2)17(9-13)22-21(23)11-15-7-6-14-10-19(25-3)20(26-4)12-16(14)15/h5,8-10,12,15H,6-7,11H2,1-4H3,(H,22,23). The number of carbonyl (C=O) groups excluding carboxylic acids is 1. The molecule has 26 heavy (non-hydrogen) atoms. The largest absolute Gasteiger partial charge is 0.495 e. The van der Waals surface area contributed by atoms with Gasteiger partial charge < -0.3 is 19.5 Å². The van der Waals surface area contributed by atoms with E-state index in [1.165, 1.54) is 11.1 Å². The monoisotopic (exact) mass is 355 g/mol. The first kappa shape index (κ1) is 18.1. The van der Waals surface area contributed by atoms with E-state index in [2.05, 4.69) is 5.32 Å². The van der Waals surface area contributed by atoms with Crippen LogP contribution in [0, 0.1) is 6.92 Å². The van der Waals surface area contributed by atoms with Gasteiger partial charge >= 0.3 is 0 Å². The maximum Gasteiger partial charge on any atom is 0.225 e. The van der Waals surface area contributed by atoms with Gasteiger partial charge in [0.2, 0.25) is 5.91 Å². The zero-order chi connectivity index (χ0) is 18.7. The Kier molecular flexibility index (Phi) is 5.35. The van der Waals surface area contributed by atoms with Gasteiger partial charge in [-0.15, -0.1) is 0 Å². The highest BCUT2D eigenvalue weighted by Crippen LogP contribution is 2.42. The molecule has 0 aliphatic heterocycles. The van der Waals surface area contributed by atoms with Crippen molar-refractivity contribution in [2.75, 3.05) is 26.6 Å². The number of amides is 1. The molecule has 0 radical (unpaired) electrons. The van der Waals surface area contributed by atoms with Gasteiger partial charge in [-0.05, 0) is 66.6 Å². The summed E-state index contributed by atoms with van der Waals surface area (Å²) in [6, 6.07) is 9.78. The third-order valence-corrected chi connectivity index (χ3v) is 4.91. The van der Waals surface area contributed by atoms with Gasteiger partial charge in [0.1, 0.15) is 5.75 Å². The molecule has 1 atom stereocenters. The van der Waals surface area contributed by atoms with Gasteiger partial charge in [0.05, 0.1) is 27.0 Å². The number of benzene rings is 2. The zero-order valence-corrected chi connectivity index (χ0v) is 15.7. The van der Waals surface area contributed by atoms with Crippen LogP contribution in [0.4, 0.5) is 5.69 Å². The Morgan fingerprint density at radius 3 is 2.42 bits per heavy atom. The number of carbonyl (C=O) groups is 1. The molecule has 0 bridgehead atoms. The molecule has 1 aliphatic carbocycles. The molecule has 1 aliphatic rings. The highest BCUT2D eigenvalue weighted by Gasteiger charge is 2.27. The molecule has 5 nitrogen and oxygen atoms in total. The van der Waals surface area contributed by atoms with Gasteiger partial charge in [0.15, 0.2) is 11.5 Å². The molecular weight excluding hydrogens is 330 g/mol. The van der Waals surface area contributed by atoms with E-state index in [0.29, 0.717) is 23.6 Å². The van der Waals surface area contributed by atoms with Crippen molar-refractivity contribution in [3.05, 3.63) is 47.0 Å². The van der Waals surface area contributed by atoms with Crippen LogP contribution < -0.4 is 19.5 Å². The molecular formula is C21H25NO4. The summed E-state index contributed by atoms with van der Waals surface area (Å²) in [6.07, 6.45) is 2.32. The van der Waals surface area contributed by atoms with Crippen molar-refractivity contribution in [3.63, 3.8) is 0 Å². The van der Waals surface area contributed by atoms with Gasteiger partial charge in [-0.25, -0.2) is 0 Å². The Bertz CT molecular complexity index is 816. The minimum atomic E-state index is -0.0125. The summed E-state index contributed by atoms with van der Waals surface area (Å²) in [7, 11) is 4.87. The first-order valence-electron chi connectivity index (χ1n) is 8.75. The highest BCUT2D eigenvalue weighted by molar-refractivity contribution is 5.93. The van der Waals surface area contributed by atoms with Crippen molar-refractivity contribution in [1.82, 2.24) is 0 Å². The lowest BCUT2D eigenvalue weighted by atomic mass is 9.97. The fraction of sp³-hybridized carbons (Fsp3) is 0.381. The van der Waals surface area contributed by atoms with Crippen molar-refractivity contribution in [2.45, 2.75) is 32.1 Å². The molecule has 1 N–H and O–H groups in total. The summed E-state index contributed by atoms with van der Waals surface area (Å²) in [4.78, 5) is 12.6. The van der Waals surface area contributed by atoms with Crippen molar-refractivity contribution in [2.24, 2.45) is 0 Å². The third kappa shape index (κ3) is 3.62. The average molecular weight is 355 g/mol. The summed E-state index contributed by atoms with van der Waals surface area (Å²) in [5.41, 5.74) is 4.19. The number of fused-ring (bicyclic) bond motifs is 1. The summed E-state index contributed by atoms with van der Waals surface area (Å²) in [5.74, 6) is 2.28. The predicted molar refractivity (Wildman–Crippen MR) is 102 cm³/mol. The number of aryl methyl sites for hydroxylation is 2. The van der Waals surface area contributed by atoms with E-state index in [0.717, 1.165) is 24.2 Å². The average Bonchev–Trinajstić information content (AvgIpc) is 3.02. The molecule has 0 saturated heterocycles. The van der Waals surface area contributed by atoms with Crippen LogP contribution in [0.2, 0.25) is 0 Å². The van der Waals surface area contributed by atoms with Crippen molar-refractivity contribution in [3.8, 4) is 17.2 Å². The maximum absolute atomic E-state index is 12.6. The first-order valence-corrected chi connectivity index (χ1v) is 8.75. The summed E-state index contributed by atoms with van der Waals surface area (Å²) in [6.45, 7) is 1.99. The van der Waals surface area contributed by atoms with Crippen LogP contribution in [-0.2, 0) is 11.2 Å². The van der Waals surface area contributed by atoms with E-state index in [-0.39, 0.29) is 11.8 Å². The topological polar surface area (TPSA) is 56.8 Å². The maximum atomic E-state index is 12.6. The Balaban J connectivity index is 1.75. The normalized spacial score (nSPS) is 15.3. The van der Waals surface area contributed by atoms with Gasteiger partial charge in [-0.2, -0.15) is 0 Å². The molecule has 3 rings (SSSR count). The van der Waals surface area contributed by atoms with Crippen LogP contribution in [0.3, 0.4) is 0 Å². The van der Waals surface area contributed by atoms with E-state index in [1.807, 2.05) is 37.3 Å². The summed E-state index contributed by atoms with van der Waals surface area (Å²) < 4.78 is 16.1. The number of methoxy groups -OCH3 is 3. The summed E-state index contributed by atoms with van der Waals surface area (Å²) in [5, 5.41) is 2.99. The molecule has 0 spiro atoms. The Morgan fingerprint density at radius 1 is 1.04 bits per heavy atom. The quantitative estimate of drug-likeness (QED) is 0.848. The number of nitrogens with one attached hydrogen (secondary N) is 1. The smallest absolute Gasteiger partial charge is 0.225 e. The Morgan fingerprint density at radius 2 is 1.73 bits per heavy atom. The van der Waals surface area contributed by atoms with Crippen LogP contribution >= 0.6 is 0 Å². The number of ether oxygens (including phenoxy) is 3. The first-order chi connectivity index (χ1) is 12.5. The van der Waals surface area contributed by atoms with Crippen LogP contribution in [0.5, 0.6) is 17.2 Å². The minimum absolute atomic E-state index is 0.0125. The lowest BCUT2D eigenvalue weighted by molar-refractivity contribution is -0.116. The number of anilines is 1. The zero-order valence-electron chi connectivity index (χ0n) is 15.7. The fourth-order valence-corrected chi connectivity index (χ4v) is 3.58. The van der Waals surface area contributed by atoms with E-state index >= 15 is 0 Å². The lowest BCUT2D eigenvalue weighted by Gasteiger charge is -2.16. The van der Waals surface area contributed by atoms with Gasteiger partial charge in [0, 0.05) is 6.42 Å². The molecule has 1 amide bonds. The summed E-state index contributed by atoms with van der Waals surface area (Å²) >= 11 is 0. The third-order valence-electron chi connectivity index (χ3n) is 4.91. The van der Waals surface area contributed by atoms with Crippen LogP contribution in [0.25, 0.3) is 0 Å². The second-order valence-electron chi connectivity index (χ2n) is 6.60. The van der Waals surface area contributed by atoms with Gasteiger partial charge in [-0.3, -0.25) is 4.79 Å². The second-order valence-corrected chi connectivity index (χ2v) is 6.60. The lowest BCUT2D eigenvalue weighted by Crippen LogP contribution is -2.15. The molecule has 2 aromatic carbocycles. The Hall–Kier alpha value is -2.69. The molecule has 5 heteroatoms.